The maximum Gasteiger partial charge on any atom is 0.246 e. The van der Waals surface area contributed by atoms with Crippen molar-refractivity contribution in [1.29, 1.82) is 0 Å². The van der Waals surface area contributed by atoms with E-state index in [0.717, 1.165) is 19.3 Å². The molecular weight excluding hydrogens is 226 g/mol. The minimum absolute atomic E-state index is 0.0186. The van der Waals surface area contributed by atoms with Crippen molar-refractivity contribution < 1.29 is 9.53 Å². The average Bonchev–Trinajstić information content (AvgIpc) is 2.28. The van der Waals surface area contributed by atoms with Crippen LogP contribution in [0.3, 0.4) is 0 Å². The van der Waals surface area contributed by atoms with Crippen molar-refractivity contribution in [1.82, 2.24) is 5.32 Å². The number of amides is 1. The summed E-state index contributed by atoms with van der Waals surface area (Å²) in [6.07, 6.45) is 3.03. The highest BCUT2D eigenvalue weighted by molar-refractivity contribution is 6.21. The predicted octanol–water partition coefficient (Wildman–Crippen LogP) is 2.57. The van der Waals surface area contributed by atoms with Crippen LogP contribution in [0.1, 0.15) is 40.0 Å². The van der Waals surface area contributed by atoms with Crippen molar-refractivity contribution in [2.75, 3.05) is 19.8 Å². The smallest absolute Gasteiger partial charge is 0.246 e. The molecule has 0 spiro atoms. The van der Waals surface area contributed by atoms with Crippen molar-refractivity contribution >= 4 is 17.5 Å². The van der Waals surface area contributed by atoms with Gasteiger partial charge in [-0.15, -0.1) is 11.6 Å². The van der Waals surface area contributed by atoms with Crippen LogP contribution in [-0.2, 0) is 9.53 Å². The van der Waals surface area contributed by atoms with Crippen molar-refractivity contribution in [3.63, 3.8) is 0 Å². The summed E-state index contributed by atoms with van der Waals surface area (Å²) in [6.45, 7) is 7.55. The average molecular weight is 250 g/mol. The molecule has 96 valence electrons. The molecular formula is C12H24ClNO2. The number of ether oxygens (including phenoxy) is 1. The number of carbonyl (C=O) groups is 1. The molecule has 16 heavy (non-hydrogen) atoms. The van der Waals surface area contributed by atoms with Crippen molar-refractivity contribution in [2.24, 2.45) is 5.92 Å². The fourth-order valence-electron chi connectivity index (χ4n) is 1.54. The van der Waals surface area contributed by atoms with Crippen molar-refractivity contribution in [3.8, 4) is 0 Å². The van der Waals surface area contributed by atoms with Crippen LogP contribution in [0.15, 0.2) is 0 Å². The molecule has 0 radical (unpaired) electrons. The number of alkyl halides is 1. The molecule has 0 aromatic carbocycles. The molecule has 1 amide bonds. The minimum Gasteiger partial charge on any atom is -0.372 e. The van der Waals surface area contributed by atoms with E-state index >= 15 is 0 Å². The molecule has 3 nitrogen and oxygen atoms in total. The van der Waals surface area contributed by atoms with Gasteiger partial charge >= 0.3 is 0 Å². The Kier molecular flexibility index (Phi) is 9.74. The van der Waals surface area contributed by atoms with Gasteiger partial charge in [0.2, 0.25) is 5.91 Å². The van der Waals surface area contributed by atoms with E-state index in [1.165, 1.54) is 0 Å². The molecule has 0 bridgehead atoms. The van der Waals surface area contributed by atoms with Gasteiger partial charge in [-0.2, -0.15) is 0 Å². The number of hydrogen-bond donors (Lipinski definition) is 1. The minimum atomic E-state index is -0.0787. The summed E-state index contributed by atoms with van der Waals surface area (Å²) in [5.74, 6) is 0.392. The fraction of sp³-hybridized carbons (Fsp3) is 0.917. The highest BCUT2D eigenvalue weighted by Crippen LogP contribution is 2.17. The largest absolute Gasteiger partial charge is 0.372 e. The molecule has 1 N–H and O–H groups in total. The van der Waals surface area contributed by atoms with Crippen LogP contribution in [0.4, 0.5) is 0 Å². The first kappa shape index (κ1) is 15.7. The lowest BCUT2D eigenvalue weighted by Crippen LogP contribution is -2.35. The second-order valence-electron chi connectivity index (χ2n) is 3.95. The third-order valence-corrected chi connectivity index (χ3v) is 3.15. The molecule has 0 fully saturated rings. The number of hydrogen-bond acceptors (Lipinski definition) is 2. The molecule has 1 atom stereocenters. The Bertz CT molecular complexity index is 184. The van der Waals surface area contributed by atoms with Gasteiger partial charge in [0.25, 0.3) is 0 Å². The van der Waals surface area contributed by atoms with E-state index in [-0.39, 0.29) is 17.9 Å². The molecule has 0 aliphatic carbocycles. The summed E-state index contributed by atoms with van der Waals surface area (Å²) in [7, 11) is 0. The Morgan fingerprint density at radius 2 is 1.94 bits per heavy atom. The van der Waals surface area contributed by atoms with E-state index < -0.39 is 0 Å². The Hall–Kier alpha value is -0.280. The number of halogens is 1. The molecule has 0 saturated carbocycles. The molecule has 4 heteroatoms. The molecule has 0 aliphatic rings. The van der Waals surface area contributed by atoms with Crippen LogP contribution >= 0.6 is 11.6 Å². The highest BCUT2D eigenvalue weighted by atomic mass is 35.5. The van der Waals surface area contributed by atoms with Gasteiger partial charge in [0.15, 0.2) is 0 Å². The third kappa shape index (κ3) is 7.07. The monoisotopic (exact) mass is 249 g/mol. The summed E-state index contributed by atoms with van der Waals surface area (Å²) in [6, 6.07) is 0. The first-order chi connectivity index (χ1) is 7.65. The first-order valence-corrected chi connectivity index (χ1v) is 6.57. The highest BCUT2D eigenvalue weighted by Gasteiger charge is 2.16. The summed E-state index contributed by atoms with van der Waals surface area (Å²) in [4.78, 5) is 11.3. The SMILES string of the molecule is CCCOCC(=O)NCC(Cl)C(CC)CC. The van der Waals surface area contributed by atoms with Crippen LogP contribution in [0.25, 0.3) is 0 Å². The normalized spacial score (nSPS) is 12.8. The van der Waals surface area contributed by atoms with Crippen LogP contribution in [0, 0.1) is 5.92 Å². The van der Waals surface area contributed by atoms with Crippen molar-refractivity contribution in [2.45, 2.75) is 45.4 Å². The number of rotatable bonds is 9. The van der Waals surface area contributed by atoms with Gasteiger partial charge < -0.3 is 10.1 Å². The molecule has 1 unspecified atom stereocenters. The van der Waals surface area contributed by atoms with Gasteiger partial charge in [-0.3, -0.25) is 4.79 Å². The maximum absolute atomic E-state index is 11.3. The lowest BCUT2D eigenvalue weighted by atomic mass is 9.99. The topological polar surface area (TPSA) is 38.3 Å². The van der Waals surface area contributed by atoms with Gasteiger partial charge in [-0.1, -0.05) is 33.6 Å². The molecule has 0 aliphatic heterocycles. The van der Waals surface area contributed by atoms with Gasteiger partial charge in [-0.05, 0) is 12.3 Å². The molecule has 0 aromatic rings. The summed E-state index contributed by atoms with van der Waals surface area (Å²) >= 11 is 6.20. The summed E-state index contributed by atoms with van der Waals surface area (Å²) in [5.41, 5.74) is 0. The number of nitrogens with one attached hydrogen (secondary N) is 1. The van der Waals surface area contributed by atoms with Gasteiger partial charge in [0.1, 0.15) is 6.61 Å². The zero-order valence-electron chi connectivity index (χ0n) is 10.6. The fourth-order valence-corrected chi connectivity index (χ4v) is 1.97. The van der Waals surface area contributed by atoms with Crippen molar-refractivity contribution in [3.05, 3.63) is 0 Å². The van der Waals surface area contributed by atoms with Crippen LogP contribution in [0.2, 0.25) is 0 Å². The van der Waals surface area contributed by atoms with E-state index in [9.17, 15) is 4.79 Å². The van der Waals surface area contributed by atoms with Crippen LogP contribution in [-0.4, -0.2) is 31.0 Å². The zero-order valence-corrected chi connectivity index (χ0v) is 11.3. The standard InChI is InChI=1S/C12H24ClNO2/c1-4-7-16-9-12(15)14-8-11(13)10(5-2)6-3/h10-11H,4-9H2,1-3H3,(H,14,15). The Morgan fingerprint density at radius 3 is 2.44 bits per heavy atom. The number of carbonyl (C=O) groups excluding carboxylic acids is 1. The molecule has 0 heterocycles. The Morgan fingerprint density at radius 1 is 1.31 bits per heavy atom. The van der Waals surface area contributed by atoms with Gasteiger partial charge in [0, 0.05) is 13.2 Å². The first-order valence-electron chi connectivity index (χ1n) is 6.14. The third-order valence-electron chi connectivity index (χ3n) is 2.64. The summed E-state index contributed by atoms with van der Waals surface area (Å²) < 4.78 is 5.13. The molecule has 0 saturated heterocycles. The Labute approximate surface area is 104 Å². The zero-order chi connectivity index (χ0) is 12.4. The lowest BCUT2D eigenvalue weighted by molar-refractivity contribution is -0.125. The lowest BCUT2D eigenvalue weighted by Gasteiger charge is -2.19. The molecule has 0 aromatic heterocycles. The van der Waals surface area contributed by atoms with E-state index in [1.807, 2.05) is 6.92 Å². The van der Waals surface area contributed by atoms with Gasteiger partial charge in [0.05, 0.1) is 5.38 Å². The second-order valence-corrected chi connectivity index (χ2v) is 4.51. The van der Waals surface area contributed by atoms with Crippen LogP contribution < -0.4 is 5.32 Å². The van der Waals surface area contributed by atoms with E-state index in [2.05, 4.69) is 19.2 Å². The predicted molar refractivity (Wildman–Crippen MR) is 67.8 cm³/mol. The van der Waals surface area contributed by atoms with E-state index in [1.54, 1.807) is 0 Å². The van der Waals surface area contributed by atoms with E-state index in [4.69, 9.17) is 16.3 Å². The maximum atomic E-state index is 11.3. The second kappa shape index (κ2) is 9.91. The van der Waals surface area contributed by atoms with E-state index in [0.29, 0.717) is 19.1 Å². The van der Waals surface area contributed by atoms with Crippen LogP contribution in [0.5, 0.6) is 0 Å². The quantitative estimate of drug-likeness (QED) is 0.504. The van der Waals surface area contributed by atoms with Gasteiger partial charge in [-0.25, -0.2) is 0 Å². The Balaban J connectivity index is 3.65. The molecule has 0 rings (SSSR count). The summed E-state index contributed by atoms with van der Waals surface area (Å²) in [5, 5.41) is 2.81.